The van der Waals surface area contributed by atoms with Gasteiger partial charge in [0.1, 0.15) is 11.5 Å². The number of likely N-dealkylation sites (tertiary alicyclic amines) is 1. The van der Waals surface area contributed by atoms with Crippen LogP contribution in [0.4, 0.5) is 5.69 Å². The van der Waals surface area contributed by atoms with E-state index < -0.39 is 0 Å². The Hall–Kier alpha value is -2.73. The van der Waals surface area contributed by atoms with Gasteiger partial charge in [-0.1, -0.05) is 17.7 Å². The fraction of sp³-hybridized carbons (Fsp3) is 0.333. The van der Waals surface area contributed by atoms with E-state index in [4.69, 9.17) is 21.1 Å². The Bertz CT molecular complexity index is 863. The average Bonchev–Trinajstić information content (AvgIpc) is 2.73. The van der Waals surface area contributed by atoms with E-state index in [1.807, 2.05) is 0 Å². The first kappa shape index (κ1) is 20.0. The van der Waals surface area contributed by atoms with Crippen molar-refractivity contribution >= 4 is 29.1 Å². The number of anilines is 1. The Kier molecular flexibility index (Phi) is 6.41. The van der Waals surface area contributed by atoms with Gasteiger partial charge in [-0.15, -0.1) is 0 Å². The first-order valence-electron chi connectivity index (χ1n) is 9.09. The van der Waals surface area contributed by atoms with Crippen molar-refractivity contribution in [2.45, 2.75) is 12.8 Å². The molecule has 0 atom stereocenters. The maximum atomic E-state index is 12.7. The summed E-state index contributed by atoms with van der Waals surface area (Å²) in [7, 11) is 3.11. The van der Waals surface area contributed by atoms with Crippen LogP contribution in [0.5, 0.6) is 11.5 Å². The number of ether oxygens (including phenoxy) is 2. The third-order valence-electron chi connectivity index (χ3n) is 4.89. The lowest BCUT2D eigenvalue weighted by molar-refractivity contribution is -0.121. The lowest BCUT2D eigenvalue weighted by Crippen LogP contribution is -2.41. The smallest absolute Gasteiger partial charge is 0.253 e. The van der Waals surface area contributed by atoms with Crippen LogP contribution in [-0.4, -0.2) is 44.0 Å². The van der Waals surface area contributed by atoms with Crippen LogP contribution in [0.15, 0.2) is 42.5 Å². The van der Waals surface area contributed by atoms with Gasteiger partial charge in [0, 0.05) is 30.3 Å². The number of halogens is 1. The Balaban J connectivity index is 1.56. The minimum Gasteiger partial charge on any atom is -0.497 e. The highest BCUT2D eigenvalue weighted by atomic mass is 35.5. The molecule has 7 heteroatoms. The van der Waals surface area contributed by atoms with E-state index in [0.717, 1.165) is 0 Å². The fourth-order valence-corrected chi connectivity index (χ4v) is 3.53. The Morgan fingerprint density at radius 3 is 2.46 bits per heavy atom. The van der Waals surface area contributed by atoms with Crippen molar-refractivity contribution in [2.24, 2.45) is 5.92 Å². The number of methoxy groups -OCH3 is 2. The van der Waals surface area contributed by atoms with E-state index >= 15 is 0 Å². The van der Waals surface area contributed by atoms with Gasteiger partial charge in [0.25, 0.3) is 5.91 Å². The van der Waals surface area contributed by atoms with E-state index in [-0.39, 0.29) is 17.7 Å². The van der Waals surface area contributed by atoms with Crippen molar-refractivity contribution in [3.05, 3.63) is 53.1 Å². The Morgan fingerprint density at radius 1 is 1.07 bits per heavy atom. The van der Waals surface area contributed by atoms with Gasteiger partial charge < -0.3 is 19.7 Å². The molecular formula is C21H23ClN2O4. The van der Waals surface area contributed by atoms with E-state index in [2.05, 4.69) is 5.32 Å². The molecule has 2 aromatic carbocycles. The zero-order valence-corrected chi connectivity index (χ0v) is 16.7. The molecule has 28 heavy (non-hydrogen) atoms. The van der Waals surface area contributed by atoms with Crippen molar-refractivity contribution in [1.29, 1.82) is 0 Å². The molecule has 2 aromatic rings. The zero-order valence-electron chi connectivity index (χ0n) is 15.9. The molecule has 1 saturated heterocycles. The molecule has 0 aliphatic carbocycles. The van der Waals surface area contributed by atoms with Gasteiger partial charge in [0.05, 0.1) is 19.2 Å². The summed E-state index contributed by atoms with van der Waals surface area (Å²) >= 11 is 6.10. The zero-order chi connectivity index (χ0) is 20.1. The number of carbonyl (C=O) groups excluding carboxylic acids is 2. The number of rotatable bonds is 5. The molecule has 2 amide bonds. The molecule has 0 unspecified atom stereocenters. The van der Waals surface area contributed by atoms with Crippen LogP contribution >= 0.6 is 11.6 Å². The number of hydrogen-bond acceptors (Lipinski definition) is 4. The van der Waals surface area contributed by atoms with Crippen LogP contribution in [-0.2, 0) is 4.79 Å². The molecule has 6 nitrogen and oxygen atoms in total. The third-order valence-corrected chi connectivity index (χ3v) is 5.18. The minimum atomic E-state index is -0.143. The summed E-state index contributed by atoms with van der Waals surface area (Å²) in [5.74, 6) is 0.965. The molecule has 148 valence electrons. The van der Waals surface area contributed by atoms with Crippen LogP contribution in [0.2, 0.25) is 5.02 Å². The molecule has 1 aliphatic heterocycles. The van der Waals surface area contributed by atoms with Gasteiger partial charge in [0.2, 0.25) is 5.91 Å². The topological polar surface area (TPSA) is 67.9 Å². The number of nitrogens with one attached hydrogen (secondary N) is 1. The summed E-state index contributed by atoms with van der Waals surface area (Å²) in [6, 6.07) is 12.2. The van der Waals surface area contributed by atoms with Gasteiger partial charge in [0.15, 0.2) is 0 Å². The largest absolute Gasteiger partial charge is 0.497 e. The lowest BCUT2D eigenvalue weighted by Gasteiger charge is -2.31. The van der Waals surface area contributed by atoms with Gasteiger partial charge in [-0.05, 0) is 49.2 Å². The van der Waals surface area contributed by atoms with Gasteiger partial charge in [-0.25, -0.2) is 0 Å². The summed E-state index contributed by atoms with van der Waals surface area (Å²) in [6.45, 7) is 1.08. The fourth-order valence-electron chi connectivity index (χ4n) is 3.27. The molecule has 0 bridgehead atoms. The molecule has 1 aliphatic rings. The number of nitrogens with zero attached hydrogens (tertiary/aromatic N) is 1. The summed E-state index contributed by atoms with van der Waals surface area (Å²) in [4.78, 5) is 27.0. The van der Waals surface area contributed by atoms with Crippen molar-refractivity contribution in [1.82, 2.24) is 4.90 Å². The highest BCUT2D eigenvalue weighted by Crippen LogP contribution is 2.28. The second kappa shape index (κ2) is 8.97. The highest BCUT2D eigenvalue weighted by Gasteiger charge is 2.28. The van der Waals surface area contributed by atoms with Crippen LogP contribution in [0.3, 0.4) is 0 Å². The van der Waals surface area contributed by atoms with Crippen LogP contribution in [0.1, 0.15) is 23.2 Å². The summed E-state index contributed by atoms with van der Waals surface area (Å²) in [5.41, 5.74) is 1.22. The number of piperidine rings is 1. The second-order valence-electron chi connectivity index (χ2n) is 6.64. The lowest BCUT2D eigenvalue weighted by atomic mass is 9.95. The Morgan fingerprint density at radius 2 is 1.82 bits per heavy atom. The van der Waals surface area contributed by atoms with E-state index in [0.29, 0.717) is 53.7 Å². The highest BCUT2D eigenvalue weighted by molar-refractivity contribution is 6.32. The number of amides is 2. The maximum absolute atomic E-state index is 12.7. The minimum absolute atomic E-state index is 0.0419. The summed E-state index contributed by atoms with van der Waals surface area (Å²) in [5, 5.41) is 3.34. The van der Waals surface area contributed by atoms with Crippen molar-refractivity contribution in [3.63, 3.8) is 0 Å². The van der Waals surface area contributed by atoms with E-state index in [9.17, 15) is 9.59 Å². The van der Waals surface area contributed by atoms with Crippen molar-refractivity contribution in [2.75, 3.05) is 32.6 Å². The molecule has 0 spiro atoms. The SMILES string of the molecule is COc1cccc(C(=O)N2CCC(C(=O)Nc3ccc(OC)c(Cl)c3)CC2)c1. The molecule has 0 radical (unpaired) electrons. The van der Waals surface area contributed by atoms with Crippen LogP contribution in [0.25, 0.3) is 0 Å². The molecule has 1 N–H and O–H groups in total. The van der Waals surface area contributed by atoms with Crippen LogP contribution < -0.4 is 14.8 Å². The number of hydrogen-bond donors (Lipinski definition) is 1. The molecular weight excluding hydrogens is 380 g/mol. The van der Waals surface area contributed by atoms with Gasteiger partial charge in [-0.2, -0.15) is 0 Å². The van der Waals surface area contributed by atoms with E-state index in [1.54, 1.807) is 61.6 Å². The quantitative estimate of drug-likeness (QED) is 0.824. The maximum Gasteiger partial charge on any atom is 0.253 e. The Labute approximate surface area is 169 Å². The first-order valence-corrected chi connectivity index (χ1v) is 9.47. The first-order chi connectivity index (χ1) is 13.5. The number of carbonyl (C=O) groups is 2. The monoisotopic (exact) mass is 402 g/mol. The van der Waals surface area contributed by atoms with Crippen LogP contribution in [0, 0.1) is 5.92 Å². The molecule has 3 rings (SSSR count). The molecule has 0 saturated carbocycles. The summed E-state index contributed by atoms with van der Waals surface area (Å²) < 4.78 is 10.3. The predicted octanol–water partition coefficient (Wildman–Crippen LogP) is 3.85. The van der Waals surface area contributed by atoms with Gasteiger partial charge >= 0.3 is 0 Å². The van der Waals surface area contributed by atoms with Gasteiger partial charge in [-0.3, -0.25) is 9.59 Å². The van der Waals surface area contributed by atoms with Crippen molar-refractivity contribution in [3.8, 4) is 11.5 Å². The molecule has 1 heterocycles. The number of benzene rings is 2. The molecule has 1 fully saturated rings. The second-order valence-corrected chi connectivity index (χ2v) is 7.04. The average molecular weight is 403 g/mol. The predicted molar refractivity (Wildman–Crippen MR) is 108 cm³/mol. The van der Waals surface area contributed by atoms with E-state index in [1.165, 1.54) is 0 Å². The molecule has 0 aromatic heterocycles. The normalized spacial score (nSPS) is 14.5. The third kappa shape index (κ3) is 4.57. The summed E-state index contributed by atoms with van der Waals surface area (Å²) in [6.07, 6.45) is 1.23. The van der Waals surface area contributed by atoms with Crippen molar-refractivity contribution < 1.29 is 19.1 Å². The standard InChI is InChI=1S/C21H23ClN2O4/c1-27-17-5-3-4-15(12-17)21(26)24-10-8-14(9-11-24)20(25)23-16-6-7-19(28-2)18(22)13-16/h3-7,12-14H,8-11H2,1-2H3,(H,23,25).